The Hall–Kier alpha value is -0.970. The fourth-order valence-corrected chi connectivity index (χ4v) is 2.79. The van der Waals surface area contributed by atoms with Gasteiger partial charge in [-0.2, -0.15) is 0 Å². The number of rotatable bonds is 7. The molecular weight excluding hydrogens is 226 g/mol. The van der Waals surface area contributed by atoms with E-state index in [-0.39, 0.29) is 0 Å². The van der Waals surface area contributed by atoms with Crippen LogP contribution in [0.5, 0.6) is 0 Å². The van der Waals surface area contributed by atoms with E-state index in [0.717, 1.165) is 38.9 Å². The van der Waals surface area contributed by atoms with Crippen molar-refractivity contribution in [1.82, 2.24) is 10.4 Å². The first-order chi connectivity index (χ1) is 8.86. The monoisotopic (exact) mass is 249 g/mol. The average molecular weight is 249 g/mol. The van der Waals surface area contributed by atoms with E-state index in [4.69, 9.17) is 10.6 Å². The Bertz CT molecular complexity index is 370. The second kappa shape index (κ2) is 6.83. The van der Waals surface area contributed by atoms with Gasteiger partial charge in [-0.05, 0) is 44.2 Å². The van der Waals surface area contributed by atoms with Gasteiger partial charge in [-0.3, -0.25) is 16.3 Å². The lowest BCUT2D eigenvalue weighted by Crippen LogP contribution is -2.39. The van der Waals surface area contributed by atoms with Gasteiger partial charge in [-0.1, -0.05) is 6.07 Å². The maximum atomic E-state index is 5.71. The van der Waals surface area contributed by atoms with E-state index < -0.39 is 0 Å². The fraction of sp³-hybridized carbons (Fsp3) is 0.643. The molecule has 0 radical (unpaired) electrons. The number of pyridine rings is 1. The zero-order chi connectivity index (χ0) is 12.8. The molecule has 100 valence electrons. The number of nitrogens with zero attached hydrogens (tertiary/aromatic N) is 1. The van der Waals surface area contributed by atoms with Gasteiger partial charge in [-0.25, -0.2) is 0 Å². The van der Waals surface area contributed by atoms with Crippen molar-refractivity contribution in [3.05, 3.63) is 29.6 Å². The molecule has 0 bridgehead atoms. The number of hydrogen-bond acceptors (Lipinski definition) is 4. The normalized spacial score (nSPS) is 19.8. The van der Waals surface area contributed by atoms with Gasteiger partial charge in [0.1, 0.15) is 0 Å². The molecule has 4 heteroatoms. The largest absolute Gasteiger partial charge is 0.382 e. The zero-order valence-corrected chi connectivity index (χ0v) is 11.1. The molecule has 3 N–H and O–H groups in total. The molecule has 2 unspecified atom stereocenters. The van der Waals surface area contributed by atoms with Gasteiger partial charge in [0, 0.05) is 37.1 Å². The number of aryl methyl sites for hydroxylation is 1. The molecular formula is C14H23N3O. The summed E-state index contributed by atoms with van der Waals surface area (Å²) in [5.74, 6) is 6.16. The Morgan fingerprint density at radius 2 is 2.50 bits per heavy atom. The minimum absolute atomic E-state index is 0.307. The van der Waals surface area contributed by atoms with E-state index in [9.17, 15) is 0 Å². The third kappa shape index (κ3) is 3.07. The van der Waals surface area contributed by atoms with Gasteiger partial charge in [0.05, 0.1) is 0 Å². The fourth-order valence-electron chi connectivity index (χ4n) is 2.79. The maximum Gasteiger partial charge on any atom is 0.0482 e. The van der Waals surface area contributed by atoms with Crippen LogP contribution in [-0.2, 0) is 11.2 Å². The molecule has 0 saturated carbocycles. The van der Waals surface area contributed by atoms with Gasteiger partial charge < -0.3 is 4.74 Å². The maximum absolute atomic E-state index is 5.71. The van der Waals surface area contributed by atoms with Crippen LogP contribution in [0.3, 0.4) is 0 Å². The highest BCUT2D eigenvalue weighted by molar-refractivity contribution is 5.29. The molecule has 1 aromatic rings. The smallest absolute Gasteiger partial charge is 0.0482 e. The predicted molar refractivity (Wildman–Crippen MR) is 72.1 cm³/mol. The first-order valence-corrected chi connectivity index (χ1v) is 6.84. The summed E-state index contributed by atoms with van der Waals surface area (Å²) >= 11 is 0. The van der Waals surface area contributed by atoms with Crippen LogP contribution >= 0.6 is 0 Å². The van der Waals surface area contributed by atoms with Gasteiger partial charge in [0.25, 0.3) is 0 Å². The summed E-state index contributed by atoms with van der Waals surface area (Å²) < 4.78 is 5.38. The van der Waals surface area contributed by atoms with Crippen molar-refractivity contribution in [2.75, 3.05) is 13.2 Å². The average Bonchev–Trinajstić information content (AvgIpc) is 2.83. The second-order valence-corrected chi connectivity index (χ2v) is 4.81. The molecule has 0 saturated heterocycles. The molecule has 4 nitrogen and oxygen atoms in total. The van der Waals surface area contributed by atoms with Gasteiger partial charge >= 0.3 is 0 Å². The van der Waals surface area contributed by atoms with Crippen molar-refractivity contribution in [1.29, 1.82) is 0 Å². The molecule has 1 aromatic heterocycles. The summed E-state index contributed by atoms with van der Waals surface area (Å²) in [6.45, 7) is 3.63. The third-order valence-corrected chi connectivity index (χ3v) is 3.71. The van der Waals surface area contributed by atoms with Crippen molar-refractivity contribution in [3.63, 3.8) is 0 Å². The van der Waals surface area contributed by atoms with E-state index in [1.807, 2.05) is 19.2 Å². The molecule has 0 fully saturated rings. The van der Waals surface area contributed by atoms with Crippen LogP contribution < -0.4 is 11.3 Å². The minimum Gasteiger partial charge on any atom is -0.382 e. The van der Waals surface area contributed by atoms with Crippen LogP contribution in [0.2, 0.25) is 0 Å². The van der Waals surface area contributed by atoms with Crippen LogP contribution in [0, 0.1) is 0 Å². The number of ether oxygens (including phenoxy) is 1. The summed E-state index contributed by atoms with van der Waals surface area (Å²) in [7, 11) is 0. The first kappa shape index (κ1) is 13.5. The molecule has 1 aliphatic carbocycles. The van der Waals surface area contributed by atoms with Crippen molar-refractivity contribution in [2.45, 2.75) is 44.6 Å². The second-order valence-electron chi connectivity index (χ2n) is 4.81. The summed E-state index contributed by atoms with van der Waals surface area (Å²) in [5.41, 5.74) is 5.58. The molecule has 1 aliphatic rings. The Kier molecular flexibility index (Phi) is 5.11. The van der Waals surface area contributed by atoms with Crippen LogP contribution in [0.4, 0.5) is 0 Å². The Balaban J connectivity index is 1.93. The zero-order valence-electron chi connectivity index (χ0n) is 11.1. The molecule has 18 heavy (non-hydrogen) atoms. The van der Waals surface area contributed by atoms with Gasteiger partial charge in [0.15, 0.2) is 0 Å². The van der Waals surface area contributed by atoms with E-state index in [0.29, 0.717) is 12.0 Å². The number of hydrazine groups is 1. The van der Waals surface area contributed by atoms with E-state index in [2.05, 4.69) is 16.5 Å². The molecule has 0 aromatic carbocycles. The molecule has 2 atom stereocenters. The number of fused-ring (bicyclic) bond motifs is 1. The molecule has 1 heterocycles. The Morgan fingerprint density at radius 1 is 1.61 bits per heavy atom. The van der Waals surface area contributed by atoms with Crippen molar-refractivity contribution < 1.29 is 4.74 Å². The molecule has 0 spiro atoms. The Morgan fingerprint density at radius 3 is 3.28 bits per heavy atom. The Labute approximate surface area is 109 Å². The highest BCUT2D eigenvalue weighted by Crippen LogP contribution is 2.34. The molecule has 0 amide bonds. The third-order valence-electron chi connectivity index (χ3n) is 3.71. The van der Waals surface area contributed by atoms with Crippen molar-refractivity contribution in [3.8, 4) is 0 Å². The number of hydrogen-bond donors (Lipinski definition) is 2. The van der Waals surface area contributed by atoms with E-state index in [1.54, 1.807) is 0 Å². The number of aromatic nitrogens is 1. The standard InChI is InChI=1S/C14H23N3O/c1-2-18-10-4-6-13(17-15)12-8-7-11-5-3-9-16-14(11)12/h3,5,9,12-13,17H,2,4,6-8,10,15H2,1H3. The van der Waals surface area contributed by atoms with Gasteiger partial charge in [-0.15, -0.1) is 0 Å². The lowest BCUT2D eigenvalue weighted by Gasteiger charge is -2.22. The topological polar surface area (TPSA) is 60.2 Å². The van der Waals surface area contributed by atoms with E-state index >= 15 is 0 Å². The van der Waals surface area contributed by atoms with Crippen molar-refractivity contribution >= 4 is 0 Å². The number of nitrogens with one attached hydrogen (secondary N) is 1. The lowest BCUT2D eigenvalue weighted by molar-refractivity contribution is 0.139. The van der Waals surface area contributed by atoms with Crippen LogP contribution in [0.25, 0.3) is 0 Å². The van der Waals surface area contributed by atoms with Gasteiger partial charge in [0.2, 0.25) is 0 Å². The summed E-state index contributed by atoms with van der Waals surface area (Å²) in [4.78, 5) is 4.53. The summed E-state index contributed by atoms with van der Waals surface area (Å²) in [5, 5.41) is 0. The van der Waals surface area contributed by atoms with Crippen LogP contribution in [0.15, 0.2) is 18.3 Å². The molecule has 2 rings (SSSR count). The minimum atomic E-state index is 0.307. The quantitative estimate of drug-likeness (QED) is 0.439. The number of nitrogens with two attached hydrogens (primary N) is 1. The summed E-state index contributed by atoms with van der Waals surface area (Å²) in [6.07, 6.45) is 6.23. The van der Waals surface area contributed by atoms with Crippen molar-refractivity contribution in [2.24, 2.45) is 5.84 Å². The lowest BCUT2D eigenvalue weighted by atomic mass is 9.94. The predicted octanol–water partition coefficient (Wildman–Crippen LogP) is 1.76. The highest BCUT2D eigenvalue weighted by atomic mass is 16.5. The van der Waals surface area contributed by atoms with Crippen LogP contribution in [-0.4, -0.2) is 24.2 Å². The summed E-state index contributed by atoms with van der Waals surface area (Å²) in [6, 6.07) is 4.50. The van der Waals surface area contributed by atoms with E-state index in [1.165, 1.54) is 11.3 Å². The first-order valence-electron chi connectivity index (χ1n) is 6.84. The highest BCUT2D eigenvalue weighted by Gasteiger charge is 2.29. The SMILES string of the molecule is CCOCCCC(NN)C1CCc2cccnc21. The molecule has 0 aliphatic heterocycles. The van der Waals surface area contributed by atoms with Crippen LogP contribution in [0.1, 0.15) is 43.4 Å².